The molecule has 1 atom stereocenters. The van der Waals surface area contributed by atoms with Crippen LogP contribution < -0.4 is 29.7 Å². The third-order valence-corrected chi connectivity index (χ3v) is 13.1. The van der Waals surface area contributed by atoms with Crippen molar-refractivity contribution in [3.05, 3.63) is 74.3 Å². The monoisotopic (exact) mass is 689 g/mol. The van der Waals surface area contributed by atoms with E-state index in [-0.39, 0.29) is 25.3 Å². The quantitative estimate of drug-likeness (QED) is 0.235. The molecule has 7 aliphatic rings. The number of nitrogens with zero attached hydrogens (tertiary/aromatic N) is 4. The lowest BCUT2D eigenvalue weighted by atomic mass is 9.82. The Bertz CT molecular complexity index is 2160. The number of carbonyl (C=O) groups excluding carboxylic acids is 3. The lowest BCUT2D eigenvalue weighted by Gasteiger charge is -2.39. The molecule has 1 saturated heterocycles. The number of thioether (sulfide) groups is 1. The molecule has 10 rings (SSSR count). The molecule has 10 heteroatoms. The van der Waals surface area contributed by atoms with Gasteiger partial charge in [0.1, 0.15) is 24.6 Å². The molecule has 0 radical (unpaired) electrons. The van der Waals surface area contributed by atoms with E-state index in [1.807, 2.05) is 7.05 Å². The number of benzene rings is 3. The van der Waals surface area contributed by atoms with Gasteiger partial charge in [0, 0.05) is 95.7 Å². The highest BCUT2D eigenvalue weighted by Gasteiger charge is 2.37. The van der Waals surface area contributed by atoms with Crippen molar-refractivity contribution >= 4 is 46.5 Å². The molecule has 1 fully saturated rings. The first-order valence-electron chi connectivity index (χ1n) is 18.4. The van der Waals surface area contributed by atoms with E-state index in [0.29, 0.717) is 10.8 Å². The van der Waals surface area contributed by atoms with Crippen LogP contribution in [-0.2, 0) is 44.9 Å². The lowest BCUT2D eigenvalue weighted by Crippen LogP contribution is -2.45. The van der Waals surface area contributed by atoms with Crippen molar-refractivity contribution in [2.24, 2.45) is 0 Å². The topological polar surface area (TPSA) is 82.4 Å². The number of hydroxylamine groups is 2. The Kier molecular flexibility index (Phi) is 7.09. The van der Waals surface area contributed by atoms with E-state index in [2.05, 4.69) is 44.7 Å². The van der Waals surface area contributed by atoms with Gasteiger partial charge in [-0.1, -0.05) is 6.07 Å². The highest BCUT2D eigenvalue weighted by molar-refractivity contribution is 7.99. The van der Waals surface area contributed by atoms with Crippen LogP contribution in [0.15, 0.2) is 35.2 Å². The molecule has 0 spiro atoms. The van der Waals surface area contributed by atoms with Crippen LogP contribution in [0.1, 0.15) is 78.3 Å². The summed E-state index contributed by atoms with van der Waals surface area (Å²) in [6.45, 7) is 4.51. The van der Waals surface area contributed by atoms with Crippen molar-refractivity contribution in [1.82, 2.24) is 9.64 Å². The minimum atomic E-state index is -0.561. The fourth-order valence-corrected chi connectivity index (χ4v) is 10.9. The second-order valence-electron chi connectivity index (χ2n) is 14.9. The summed E-state index contributed by atoms with van der Waals surface area (Å²) < 4.78 is 9.84. The summed E-state index contributed by atoms with van der Waals surface area (Å²) in [5.74, 6) is 1.36. The molecular formula is C40H41N4O5S+. The number of hydrogen-bond acceptors (Lipinski definition) is 8. The maximum absolute atomic E-state index is 12.8. The number of ether oxygens (including phenoxy) is 1. The normalized spacial score (nSPS) is 21.6. The number of hydrogen-bond donors (Lipinski definition) is 0. The van der Waals surface area contributed by atoms with Gasteiger partial charge in [0.2, 0.25) is 5.36 Å². The first-order valence-corrected chi connectivity index (χ1v) is 19.4. The molecule has 1 unspecified atom stereocenters. The number of anilines is 2. The number of rotatable bonds is 4. The van der Waals surface area contributed by atoms with E-state index >= 15 is 0 Å². The smallest absolute Gasteiger partial charge is 0.335 e. The Labute approximate surface area is 295 Å². The number of aryl methyl sites for hydroxylation is 2. The molecule has 50 heavy (non-hydrogen) atoms. The average Bonchev–Trinajstić information content (AvgIpc) is 3.44. The van der Waals surface area contributed by atoms with E-state index in [1.165, 1.54) is 73.0 Å². The first kappa shape index (κ1) is 30.5. The number of carbonyl (C=O) groups is 3. The molecule has 0 aliphatic carbocycles. The van der Waals surface area contributed by atoms with Crippen LogP contribution in [-0.4, -0.2) is 67.9 Å². The Morgan fingerprint density at radius 3 is 2.50 bits per heavy atom. The van der Waals surface area contributed by atoms with E-state index in [4.69, 9.17) is 9.57 Å². The van der Waals surface area contributed by atoms with Gasteiger partial charge in [-0.15, -0.1) is 16.8 Å². The minimum Gasteiger partial charge on any atom is -0.455 e. The molecule has 0 aromatic heterocycles. The van der Waals surface area contributed by atoms with E-state index in [9.17, 15) is 14.4 Å². The van der Waals surface area contributed by atoms with Gasteiger partial charge in [0.25, 0.3) is 11.8 Å². The van der Waals surface area contributed by atoms with Crippen molar-refractivity contribution in [2.45, 2.75) is 81.6 Å². The molecular weight excluding hydrogens is 649 g/mol. The summed E-state index contributed by atoms with van der Waals surface area (Å²) >= 11 is 1.75. The third kappa shape index (κ3) is 4.66. The van der Waals surface area contributed by atoms with Crippen molar-refractivity contribution in [1.29, 1.82) is 0 Å². The zero-order valence-electron chi connectivity index (χ0n) is 28.5. The molecule has 2 amide bonds. The lowest BCUT2D eigenvalue weighted by molar-refractivity contribution is -0.197. The molecule has 3 aromatic rings. The zero-order chi connectivity index (χ0) is 33.7. The van der Waals surface area contributed by atoms with Gasteiger partial charge >= 0.3 is 5.97 Å². The molecule has 256 valence electrons. The molecule has 9 nitrogen and oxygen atoms in total. The number of amides is 2. The van der Waals surface area contributed by atoms with Gasteiger partial charge in [-0.05, 0) is 73.9 Å². The maximum atomic E-state index is 12.8. The van der Waals surface area contributed by atoms with Gasteiger partial charge in [0.05, 0.1) is 17.7 Å². The van der Waals surface area contributed by atoms with Gasteiger partial charge < -0.3 is 19.4 Å². The second-order valence-corrected chi connectivity index (χ2v) is 15.9. The Balaban J connectivity index is 1.09. The van der Waals surface area contributed by atoms with Gasteiger partial charge in [0.15, 0.2) is 0 Å². The summed E-state index contributed by atoms with van der Waals surface area (Å²) in [5, 5.41) is 3.31. The van der Waals surface area contributed by atoms with Crippen LogP contribution in [0, 0.1) is 0 Å². The van der Waals surface area contributed by atoms with Crippen LogP contribution in [0.2, 0.25) is 0 Å². The molecule has 3 aromatic carbocycles. The summed E-state index contributed by atoms with van der Waals surface area (Å²) in [6.07, 6.45) is 9.25. The van der Waals surface area contributed by atoms with Gasteiger partial charge in [-0.2, -0.15) is 0 Å². The molecule has 0 bridgehead atoms. The van der Waals surface area contributed by atoms with E-state index in [0.717, 1.165) is 81.9 Å². The molecule has 7 aliphatic heterocycles. The largest absolute Gasteiger partial charge is 0.455 e. The minimum absolute atomic E-state index is 0.0888. The molecule has 7 heterocycles. The van der Waals surface area contributed by atoms with Crippen LogP contribution >= 0.6 is 11.8 Å². The maximum Gasteiger partial charge on any atom is 0.335 e. The first-order chi connectivity index (χ1) is 24.4. The Morgan fingerprint density at radius 2 is 1.66 bits per heavy atom. The van der Waals surface area contributed by atoms with Crippen LogP contribution in [0.25, 0.3) is 5.57 Å². The van der Waals surface area contributed by atoms with Crippen molar-refractivity contribution in [2.75, 3.05) is 48.8 Å². The van der Waals surface area contributed by atoms with Crippen molar-refractivity contribution < 1.29 is 24.0 Å². The van der Waals surface area contributed by atoms with E-state index in [1.54, 1.807) is 11.8 Å². The van der Waals surface area contributed by atoms with Gasteiger partial charge in [-0.3, -0.25) is 9.59 Å². The van der Waals surface area contributed by atoms with Crippen molar-refractivity contribution in [3.8, 4) is 11.5 Å². The standard InChI is InChI=1S/C40H41N4O5S/c1-41-26(21-35(47)49-44-33(45)12-13-34(44)46)22-50-32-20-23(10-11-31(32)41)36-29-18-24-6-2-14-42-16-4-8-27(37(24)42)39(29)48-40-28-9-5-17-43-15-3-7-25(38(28)43)19-30(36)40/h10-11,18-20,26H,2-9,12-17,21-22H2,1H3/q+1. The summed E-state index contributed by atoms with van der Waals surface area (Å²) in [6, 6.07) is 11.6. The Morgan fingerprint density at radius 1 is 0.900 bits per heavy atom. The summed E-state index contributed by atoms with van der Waals surface area (Å²) in [7, 11) is 2.01. The molecule has 0 saturated carbocycles. The van der Waals surface area contributed by atoms with Crippen LogP contribution in [0.3, 0.4) is 0 Å². The number of imide groups is 1. The summed E-state index contributed by atoms with van der Waals surface area (Å²) in [4.78, 5) is 48.0. The highest BCUT2D eigenvalue weighted by Crippen LogP contribution is 2.49. The zero-order valence-corrected chi connectivity index (χ0v) is 29.3. The third-order valence-electron chi connectivity index (χ3n) is 11.9. The van der Waals surface area contributed by atoms with E-state index < -0.39 is 17.8 Å². The Hall–Kier alpha value is -4.31. The predicted octanol–water partition coefficient (Wildman–Crippen LogP) is 4.03. The fourth-order valence-electron chi connectivity index (χ4n) is 9.58. The highest BCUT2D eigenvalue weighted by atomic mass is 32.2. The van der Waals surface area contributed by atoms with Gasteiger partial charge in [-0.25, -0.2) is 9.37 Å². The SMILES string of the molecule is CN1c2ccc(C3=c4cc5c6c(c4Oc4c3cc3c7c4CCCN7CCC3)CCC[N+]=6CCC5)cc2SCC1CC(=O)ON1C(=O)CCC1=O. The average molecular weight is 690 g/mol. The van der Waals surface area contributed by atoms with Crippen LogP contribution in [0.5, 0.6) is 11.5 Å². The van der Waals surface area contributed by atoms with Crippen molar-refractivity contribution in [3.63, 3.8) is 0 Å². The second kappa shape index (κ2) is 11.6. The molecule has 0 N–H and O–H groups in total. The fraction of sp³-hybridized carbons (Fsp3) is 0.450. The summed E-state index contributed by atoms with van der Waals surface area (Å²) in [5.41, 5.74) is 11.9. The predicted molar refractivity (Wildman–Crippen MR) is 191 cm³/mol. The number of fused-ring (bicyclic) bond motifs is 5. The van der Waals surface area contributed by atoms with Crippen LogP contribution in [0.4, 0.5) is 11.4 Å².